The largest absolute Gasteiger partial charge is 0.473 e. The van der Waals surface area contributed by atoms with Crippen molar-refractivity contribution in [3.8, 4) is 5.88 Å². The molecule has 0 amide bonds. The van der Waals surface area contributed by atoms with Gasteiger partial charge in [0.2, 0.25) is 5.88 Å². The lowest BCUT2D eigenvalue weighted by Crippen LogP contribution is -2.26. The Kier molecular flexibility index (Phi) is 3.40. The second-order valence-corrected chi connectivity index (χ2v) is 3.70. The van der Waals surface area contributed by atoms with Crippen LogP contribution in [0, 0.1) is 0 Å². The quantitative estimate of drug-likeness (QED) is 0.819. The van der Waals surface area contributed by atoms with Crippen molar-refractivity contribution in [1.82, 2.24) is 4.98 Å². The SMILES string of the molecule is Nc1cccnc1OCC1CCCCO1. The van der Waals surface area contributed by atoms with Gasteiger partial charge in [-0.1, -0.05) is 0 Å². The van der Waals surface area contributed by atoms with Crippen molar-refractivity contribution in [1.29, 1.82) is 0 Å². The molecule has 0 radical (unpaired) electrons. The van der Waals surface area contributed by atoms with E-state index < -0.39 is 0 Å². The third-order valence-corrected chi connectivity index (χ3v) is 2.48. The minimum absolute atomic E-state index is 0.195. The molecule has 1 aliphatic rings. The molecule has 0 spiro atoms. The highest BCUT2D eigenvalue weighted by Gasteiger charge is 2.15. The zero-order chi connectivity index (χ0) is 10.5. The number of nitrogen functional groups attached to an aromatic ring is 1. The van der Waals surface area contributed by atoms with Gasteiger partial charge in [0.15, 0.2) is 0 Å². The van der Waals surface area contributed by atoms with Crippen molar-refractivity contribution in [3.05, 3.63) is 18.3 Å². The Labute approximate surface area is 89.4 Å². The van der Waals surface area contributed by atoms with E-state index in [0.717, 1.165) is 19.4 Å². The van der Waals surface area contributed by atoms with Crippen LogP contribution in [0.5, 0.6) is 5.88 Å². The van der Waals surface area contributed by atoms with Crippen molar-refractivity contribution in [2.45, 2.75) is 25.4 Å². The summed E-state index contributed by atoms with van der Waals surface area (Å²) in [6.45, 7) is 1.38. The number of anilines is 1. The van der Waals surface area contributed by atoms with E-state index >= 15 is 0 Å². The predicted molar refractivity (Wildman–Crippen MR) is 57.7 cm³/mol. The molecular formula is C11H16N2O2. The molecule has 2 N–H and O–H groups in total. The van der Waals surface area contributed by atoms with Gasteiger partial charge in [0, 0.05) is 12.8 Å². The van der Waals surface area contributed by atoms with Crippen LogP contribution in [0.1, 0.15) is 19.3 Å². The smallest absolute Gasteiger partial charge is 0.237 e. The molecule has 1 atom stereocenters. The van der Waals surface area contributed by atoms with Crippen LogP contribution in [-0.4, -0.2) is 24.3 Å². The maximum Gasteiger partial charge on any atom is 0.237 e. The summed E-state index contributed by atoms with van der Waals surface area (Å²) in [7, 11) is 0. The van der Waals surface area contributed by atoms with Gasteiger partial charge >= 0.3 is 0 Å². The molecule has 1 fully saturated rings. The molecule has 4 nitrogen and oxygen atoms in total. The van der Waals surface area contributed by atoms with Crippen molar-refractivity contribution in [2.24, 2.45) is 0 Å². The Morgan fingerprint density at radius 2 is 2.47 bits per heavy atom. The Morgan fingerprint density at radius 1 is 1.53 bits per heavy atom. The van der Waals surface area contributed by atoms with E-state index in [1.165, 1.54) is 6.42 Å². The molecule has 1 aliphatic heterocycles. The molecule has 0 bridgehead atoms. The summed E-state index contributed by atoms with van der Waals surface area (Å²) in [6.07, 6.45) is 5.30. The van der Waals surface area contributed by atoms with Crippen LogP contribution in [-0.2, 0) is 4.74 Å². The minimum Gasteiger partial charge on any atom is -0.473 e. The lowest BCUT2D eigenvalue weighted by Gasteiger charge is -2.22. The highest BCUT2D eigenvalue weighted by Crippen LogP contribution is 2.18. The van der Waals surface area contributed by atoms with Gasteiger partial charge in [-0.05, 0) is 31.4 Å². The average Bonchev–Trinajstić information content (AvgIpc) is 2.29. The molecule has 2 rings (SSSR count). The lowest BCUT2D eigenvalue weighted by atomic mass is 10.1. The minimum atomic E-state index is 0.195. The van der Waals surface area contributed by atoms with E-state index in [4.69, 9.17) is 15.2 Å². The van der Waals surface area contributed by atoms with Gasteiger partial charge in [-0.25, -0.2) is 4.98 Å². The van der Waals surface area contributed by atoms with Gasteiger partial charge in [0.1, 0.15) is 6.61 Å². The van der Waals surface area contributed by atoms with Crippen molar-refractivity contribution < 1.29 is 9.47 Å². The lowest BCUT2D eigenvalue weighted by molar-refractivity contribution is -0.0117. The van der Waals surface area contributed by atoms with Gasteiger partial charge in [0.25, 0.3) is 0 Å². The zero-order valence-corrected chi connectivity index (χ0v) is 8.69. The average molecular weight is 208 g/mol. The summed E-state index contributed by atoms with van der Waals surface area (Å²) >= 11 is 0. The molecule has 1 unspecified atom stereocenters. The molecule has 15 heavy (non-hydrogen) atoms. The first-order valence-electron chi connectivity index (χ1n) is 5.31. The number of hydrogen-bond donors (Lipinski definition) is 1. The molecule has 0 aliphatic carbocycles. The summed E-state index contributed by atoms with van der Waals surface area (Å²) < 4.78 is 11.1. The summed E-state index contributed by atoms with van der Waals surface area (Å²) in [5.41, 5.74) is 6.28. The number of aromatic nitrogens is 1. The van der Waals surface area contributed by atoms with E-state index in [1.807, 2.05) is 0 Å². The number of nitrogens with two attached hydrogens (primary N) is 1. The highest BCUT2D eigenvalue weighted by atomic mass is 16.5. The first-order chi connectivity index (χ1) is 7.36. The zero-order valence-electron chi connectivity index (χ0n) is 8.69. The van der Waals surface area contributed by atoms with Crippen molar-refractivity contribution in [2.75, 3.05) is 18.9 Å². The molecule has 1 aromatic rings. The van der Waals surface area contributed by atoms with Gasteiger partial charge < -0.3 is 15.2 Å². The highest BCUT2D eigenvalue weighted by molar-refractivity contribution is 5.46. The summed E-state index contributed by atoms with van der Waals surface area (Å²) in [6, 6.07) is 3.57. The number of pyridine rings is 1. The van der Waals surface area contributed by atoms with Gasteiger partial charge in [0.05, 0.1) is 11.8 Å². The Balaban J connectivity index is 1.84. The Hall–Kier alpha value is -1.29. The molecule has 1 saturated heterocycles. The standard InChI is InChI=1S/C11H16N2O2/c12-10-5-3-6-13-11(10)15-8-9-4-1-2-7-14-9/h3,5-6,9H,1-2,4,7-8,12H2. The summed E-state index contributed by atoms with van der Waals surface area (Å²) in [4.78, 5) is 4.06. The second kappa shape index (κ2) is 4.98. The van der Waals surface area contributed by atoms with E-state index in [1.54, 1.807) is 18.3 Å². The Morgan fingerprint density at radius 3 is 3.20 bits per heavy atom. The molecule has 4 heteroatoms. The topological polar surface area (TPSA) is 57.4 Å². The fraction of sp³-hybridized carbons (Fsp3) is 0.545. The molecule has 2 heterocycles. The van der Waals surface area contributed by atoms with E-state index in [-0.39, 0.29) is 6.10 Å². The fourth-order valence-electron chi connectivity index (χ4n) is 1.63. The van der Waals surface area contributed by atoms with E-state index in [9.17, 15) is 0 Å². The number of ether oxygens (including phenoxy) is 2. The first kappa shape index (κ1) is 10.2. The van der Waals surface area contributed by atoms with E-state index in [2.05, 4.69) is 4.98 Å². The van der Waals surface area contributed by atoms with Crippen LogP contribution in [0.4, 0.5) is 5.69 Å². The van der Waals surface area contributed by atoms with Crippen LogP contribution >= 0.6 is 0 Å². The second-order valence-electron chi connectivity index (χ2n) is 3.70. The van der Waals surface area contributed by atoms with Gasteiger partial charge in [-0.3, -0.25) is 0 Å². The van der Waals surface area contributed by atoms with Gasteiger partial charge in [-0.15, -0.1) is 0 Å². The molecule has 0 aromatic carbocycles. The molecular weight excluding hydrogens is 192 g/mol. The van der Waals surface area contributed by atoms with Crippen LogP contribution < -0.4 is 10.5 Å². The number of hydrogen-bond acceptors (Lipinski definition) is 4. The van der Waals surface area contributed by atoms with Gasteiger partial charge in [-0.2, -0.15) is 0 Å². The molecule has 1 aromatic heterocycles. The molecule has 0 saturated carbocycles. The van der Waals surface area contributed by atoms with Crippen LogP contribution in [0.3, 0.4) is 0 Å². The first-order valence-corrected chi connectivity index (χ1v) is 5.31. The normalized spacial score (nSPS) is 21.2. The molecule has 82 valence electrons. The predicted octanol–water partition coefficient (Wildman–Crippen LogP) is 1.61. The number of rotatable bonds is 3. The fourth-order valence-corrected chi connectivity index (χ4v) is 1.63. The Bertz CT molecular complexity index is 311. The maximum atomic E-state index is 5.71. The van der Waals surface area contributed by atoms with Crippen LogP contribution in [0.25, 0.3) is 0 Å². The third-order valence-electron chi connectivity index (χ3n) is 2.48. The van der Waals surface area contributed by atoms with Crippen molar-refractivity contribution >= 4 is 5.69 Å². The van der Waals surface area contributed by atoms with Crippen LogP contribution in [0.2, 0.25) is 0 Å². The summed E-state index contributed by atoms with van der Waals surface area (Å²) in [5, 5.41) is 0. The number of nitrogens with zero attached hydrogens (tertiary/aromatic N) is 1. The maximum absolute atomic E-state index is 5.71. The summed E-state index contributed by atoms with van der Waals surface area (Å²) in [5.74, 6) is 0.506. The van der Waals surface area contributed by atoms with Crippen molar-refractivity contribution in [3.63, 3.8) is 0 Å². The van der Waals surface area contributed by atoms with Crippen LogP contribution in [0.15, 0.2) is 18.3 Å². The van der Waals surface area contributed by atoms with E-state index in [0.29, 0.717) is 18.2 Å². The monoisotopic (exact) mass is 208 g/mol. The third kappa shape index (κ3) is 2.83.